The van der Waals surface area contributed by atoms with E-state index in [1.807, 2.05) is 0 Å². The van der Waals surface area contributed by atoms with Crippen molar-refractivity contribution in [3.05, 3.63) is 0 Å². The van der Waals surface area contributed by atoms with Gasteiger partial charge in [-0.3, -0.25) is 28.0 Å². The molecule has 0 aliphatic carbocycles. The zero-order valence-corrected chi connectivity index (χ0v) is 28.0. The van der Waals surface area contributed by atoms with Gasteiger partial charge in [-0.1, -0.05) is 23.5 Å². The Balaban J connectivity index is 3.47. The van der Waals surface area contributed by atoms with Crippen LogP contribution in [-0.4, -0.2) is 114 Å². The van der Waals surface area contributed by atoms with E-state index in [9.17, 15) is 18.0 Å². The highest BCUT2D eigenvalue weighted by Crippen LogP contribution is 2.19. The van der Waals surface area contributed by atoms with Crippen molar-refractivity contribution in [3.8, 4) is 0 Å². The third-order valence-electron chi connectivity index (χ3n) is 2.94. The number of hydrogen-bond acceptors (Lipinski definition) is 16. The molecule has 0 saturated heterocycles. The molecule has 0 aromatic rings. The second kappa shape index (κ2) is 30.3. The Morgan fingerprint density at radius 1 is 0.703 bits per heavy atom. The second-order valence-corrected chi connectivity index (χ2v) is 18.1. The third-order valence-corrected chi connectivity index (χ3v) is 13.6. The van der Waals surface area contributed by atoms with Gasteiger partial charge in [0, 0.05) is 26.1 Å². The summed E-state index contributed by atoms with van der Waals surface area (Å²) >= 11 is 11.6. The quantitative estimate of drug-likeness (QED) is 0.0500. The van der Waals surface area contributed by atoms with Gasteiger partial charge in [-0.15, -0.1) is 70.6 Å². The first kappa shape index (κ1) is 38.3. The van der Waals surface area contributed by atoms with Gasteiger partial charge >= 0.3 is 0 Å². The van der Waals surface area contributed by atoms with E-state index in [2.05, 4.69) is 20.6 Å². The van der Waals surface area contributed by atoms with Crippen molar-refractivity contribution in [2.45, 2.75) is 0 Å². The highest BCUT2D eigenvalue weighted by atomic mass is 32.3. The Labute approximate surface area is 257 Å². The van der Waals surface area contributed by atoms with Crippen molar-refractivity contribution in [2.75, 3.05) is 73.7 Å². The molecular weight excluding hydrogens is 677 g/mol. The van der Waals surface area contributed by atoms with Gasteiger partial charge in [0.2, 0.25) is 0 Å². The van der Waals surface area contributed by atoms with E-state index in [0.717, 1.165) is 27.0 Å². The van der Waals surface area contributed by atoms with Gasteiger partial charge in [0.1, 0.15) is 0 Å². The molecule has 2 atom stereocenters. The first-order chi connectivity index (χ1) is 18.0. The molecule has 0 aromatic heterocycles. The monoisotopic (exact) mass is 708 g/mol. The van der Waals surface area contributed by atoms with Crippen molar-refractivity contribution in [3.63, 3.8) is 0 Å². The van der Waals surface area contributed by atoms with Crippen LogP contribution < -0.4 is 10.6 Å². The van der Waals surface area contributed by atoms with E-state index < -0.39 is 21.6 Å². The van der Waals surface area contributed by atoms with Crippen LogP contribution in [0, 0.1) is 0 Å². The summed E-state index contributed by atoms with van der Waals surface area (Å²) in [5.74, 6) is 2.61. The van der Waals surface area contributed by atoms with Crippen LogP contribution in [0.15, 0.2) is 9.98 Å². The number of nitrogens with one attached hydrogen (secondary N) is 2. The maximum Gasteiger partial charge on any atom is 0.280 e. The van der Waals surface area contributed by atoms with E-state index in [4.69, 9.17) is 10.2 Å². The minimum absolute atomic E-state index is 0.0184. The van der Waals surface area contributed by atoms with Crippen LogP contribution in [0.4, 0.5) is 9.59 Å². The molecular formula is C17H32N4O6S10. The normalized spacial score (nSPS) is 13.2. The summed E-state index contributed by atoms with van der Waals surface area (Å²) in [7, 11) is -2.34. The molecule has 0 bridgehead atoms. The number of thioether (sulfide) groups is 8. The molecule has 0 spiro atoms. The molecule has 0 aliphatic rings. The molecule has 10 nitrogen and oxygen atoms in total. The SMILES string of the molecule is O=C(NCSCSC/N=C/S(=O)CSCSCSC(=O)NCSCSC/N=C\S(=O)CCO)SCCO. The standard InChI is InChI=1S/C17H32N4O6S10/c22-1-3-34-16(24)20-7-30-12-29-6-19-10-37(27)15-33-13-32-14-35-17(25)21-8-31-11-28-5-18-9-36(26)4-2-23/h9-10,22-23H,1-8,11-15H2,(H,20,24)(H,21,25)/b18-9-,19-10+. The molecule has 0 heterocycles. The molecule has 0 rings (SSSR count). The number of rotatable bonds is 24. The van der Waals surface area contributed by atoms with Crippen molar-refractivity contribution < 1.29 is 28.2 Å². The lowest BCUT2D eigenvalue weighted by Gasteiger charge is -2.04. The van der Waals surface area contributed by atoms with Crippen LogP contribution in [0.25, 0.3) is 0 Å². The largest absolute Gasteiger partial charge is 0.396 e. The average molecular weight is 709 g/mol. The third kappa shape index (κ3) is 30.1. The molecule has 37 heavy (non-hydrogen) atoms. The maximum atomic E-state index is 11.9. The molecule has 0 fully saturated rings. The van der Waals surface area contributed by atoms with Crippen molar-refractivity contribution >= 4 is 137 Å². The van der Waals surface area contributed by atoms with Gasteiger partial charge in [-0.05, 0) is 0 Å². The fraction of sp³-hybridized carbons (Fsp3) is 0.765. The Hall–Kier alpha value is 1.30. The molecule has 2 unspecified atom stereocenters. The van der Waals surface area contributed by atoms with Gasteiger partial charge in [0.15, 0.2) is 0 Å². The van der Waals surface area contributed by atoms with Crippen LogP contribution in [-0.2, 0) is 21.6 Å². The van der Waals surface area contributed by atoms with Gasteiger partial charge in [0.25, 0.3) is 10.5 Å². The van der Waals surface area contributed by atoms with E-state index >= 15 is 0 Å². The highest BCUT2D eigenvalue weighted by Gasteiger charge is 2.03. The molecule has 0 radical (unpaired) electrons. The molecule has 2 amide bonds. The summed E-state index contributed by atoms with van der Waals surface area (Å²) in [5.41, 5.74) is 2.82. The Morgan fingerprint density at radius 3 is 1.86 bits per heavy atom. The number of hydrogen-bond donors (Lipinski definition) is 4. The van der Waals surface area contributed by atoms with E-state index in [0.29, 0.717) is 39.4 Å². The summed E-state index contributed by atoms with van der Waals surface area (Å²) in [6.07, 6.45) is 0. The Bertz CT molecular complexity index is 707. The average Bonchev–Trinajstić information content (AvgIpc) is 2.88. The number of aliphatic imine (C=N–C) groups is 2. The highest BCUT2D eigenvalue weighted by molar-refractivity contribution is 8.28. The topological polar surface area (TPSA) is 158 Å². The van der Waals surface area contributed by atoms with E-state index in [1.54, 1.807) is 58.8 Å². The van der Waals surface area contributed by atoms with Crippen molar-refractivity contribution in [1.82, 2.24) is 10.6 Å². The van der Waals surface area contributed by atoms with E-state index in [-0.39, 0.29) is 29.4 Å². The van der Waals surface area contributed by atoms with Crippen LogP contribution >= 0.6 is 94.1 Å². The molecule has 0 aliphatic heterocycles. The molecule has 20 heteroatoms. The van der Waals surface area contributed by atoms with Crippen molar-refractivity contribution in [1.29, 1.82) is 0 Å². The van der Waals surface area contributed by atoms with Crippen molar-refractivity contribution in [2.24, 2.45) is 9.98 Å². The molecule has 216 valence electrons. The fourth-order valence-electron chi connectivity index (χ4n) is 1.55. The lowest BCUT2D eigenvalue weighted by atomic mass is 10.9. The smallest absolute Gasteiger partial charge is 0.280 e. The Kier molecular flexibility index (Phi) is 31.3. The first-order valence-corrected chi connectivity index (χ1v) is 21.9. The predicted octanol–water partition coefficient (Wildman–Crippen LogP) is 3.43. The Morgan fingerprint density at radius 2 is 1.27 bits per heavy atom. The van der Waals surface area contributed by atoms with Gasteiger partial charge in [-0.2, -0.15) is 0 Å². The summed E-state index contributed by atoms with van der Waals surface area (Å²) in [4.78, 5) is 31.3. The molecule has 0 aromatic carbocycles. The predicted molar refractivity (Wildman–Crippen MR) is 179 cm³/mol. The summed E-state index contributed by atoms with van der Waals surface area (Å²) in [6.45, 7) is -0.137. The summed E-state index contributed by atoms with van der Waals surface area (Å²) in [6, 6.07) is 0. The second-order valence-electron chi connectivity index (χ2n) is 5.77. The number of nitrogens with zero attached hydrogens (tertiary/aromatic N) is 2. The number of carbonyl (C=O) groups is 2. The van der Waals surface area contributed by atoms with Crippen LogP contribution in [0.1, 0.15) is 0 Å². The minimum Gasteiger partial charge on any atom is -0.396 e. The lowest BCUT2D eigenvalue weighted by Crippen LogP contribution is -2.18. The molecule has 4 N–H and O–H groups in total. The van der Waals surface area contributed by atoms with Crippen LogP contribution in [0.2, 0.25) is 0 Å². The number of carbonyl (C=O) groups excluding carboxylic acids is 2. The lowest BCUT2D eigenvalue weighted by molar-refractivity contribution is 0.261. The summed E-state index contributed by atoms with van der Waals surface area (Å²) < 4.78 is 23.2. The van der Waals surface area contributed by atoms with E-state index in [1.165, 1.54) is 34.6 Å². The zero-order valence-electron chi connectivity index (χ0n) is 19.9. The van der Waals surface area contributed by atoms with Crippen LogP contribution in [0.5, 0.6) is 0 Å². The van der Waals surface area contributed by atoms with Gasteiger partial charge in [-0.25, -0.2) is 0 Å². The zero-order chi connectivity index (χ0) is 27.4. The molecule has 0 saturated carbocycles. The van der Waals surface area contributed by atoms with Gasteiger partial charge < -0.3 is 20.8 Å². The van der Waals surface area contributed by atoms with Crippen LogP contribution in [0.3, 0.4) is 0 Å². The van der Waals surface area contributed by atoms with Gasteiger partial charge in [0.05, 0.1) is 80.3 Å². The first-order valence-electron chi connectivity index (χ1n) is 10.2. The minimum atomic E-state index is -1.21. The number of aliphatic hydroxyl groups excluding tert-OH is 2. The number of amides is 2. The number of aliphatic hydroxyl groups is 2. The fourth-order valence-corrected chi connectivity index (χ4v) is 10.2. The maximum absolute atomic E-state index is 11.9. The summed E-state index contributed by atoms with van der Waals surface area (Å²) in [5, 5.41) is 25.9.